The summed E-state index contributed by atoms with van der Waals surface area (Å²) >= 11 is 0. The van der Waals surface area contributed by atoms with E-state index in [4.69, 9.17) is 4.74 Å². The van der Waals surface area contributed by atoms with Gasteiger partial charge in [-0.3, -0.25) is 9.59 Å². The molecule has 0 aliphatic heterocycles. The molecule has 0 rings (SSSR count). The van der Waals surface area contributed by atoms with Gasteiger partial charge in [-0.1, -0.05) is 256 Å². The zero-order chi connectivity index (χ0) is 48.1. The van der Waals surface area contributed by atoms with E-state index in [1.807, 2.05) is 0 Å². The smallest absolute Gasteiger partial charge is 0.306 e. The second-order valence-corrected chi connectivity index (χ2v) is 19.7. The molecule has 0 aliphatic rings. The molecule has 0 bridgehead atoms. The lowest BCUT2D eigenvalue weighted by molar-refractivity contribution is -0.151. The fraction of sp³-hybridized carbons (Fsp3) is 0.833. The highest BCUT2D eigenvalue weighted by Crippen LogP contribution is 2.18. The van der Waals surface area contributed by atoms with Crippen molar-refractivity contribution in [2.75, 3.05) is 6.61 Å². The lowest BCUT2D eigenvalue weighted by Crippen LogP contribution is -2.46. The number of amides is 1. The molecule has 1 amide bonds. The molecular weight excluding hydrogens is 815 g/mol. The SMILES string of the molecule is CCCCCCCCC/C=C/C=C/CCCCCC(=O)OC(CCCCC/C=C/C=C/CCCCCCCCC)CC(=O)NC(CO)C(O)CCCCCCCCCCCCCCCCC. The van der Waals surface area contributed by atoms with Crippen molar-refractivity contribution < 1.29 is 24.5 Å². The molecular formula is C60H111NO5. The summed E-state index contributed by atoms with van der Waals surface area (Å²) < 4.78 is 5.93. The number of rotatable bonds is 52. The van der Waals surface area contributed by atoms with Crippen molar-refractivity contribution in [3.05, 3.63) is 48.6 Å². The number of ether oxygens (including phenoxy) is 1. The van der Waals surface area contributed by atoms with Crippen LogP contribution in [0.4, 0.5) is 0 Å². The third-order valence-corrected chi connectivity index (χ3v) is 13.2. The number of nitrogens with one attached hydrogen (secondary N) is 1. The predicted molar refractivity (Wildman–Crippen MR) is 287 cm³/mol. The van der Waals surface area contributed by atoms with Gasteiger partial charge >= 0.3 is 5.97 Å². The Balaban J connectivity index is 4.64. The average molecular weight is 927 g/mol. The van der Waals surface area contributed by atoms with Gasteiger partial charge in [-0.25, -0.2) is 0 Å². The van der Waals surface area contributed by atoms with Gasteiger partial charge in [0, 0.05) is 6.42 Å². The highest BCUT2D eigenvalue weighted by atomic mass is 16.5. The van der Waals surface area contributed by atoms with Gasteiger partial charge in [-0.2, -0.15) is 0 Å². The molecule has 6 heteroatoms. The van der Waals surface area contributed by atoms with Crippen LogP contribution >= 0.6 is 0 Å². The van der Waals surface area contributed by atoms with E-state index in [0.717, 1.165) is 83.5 Å². The Morgan fingerprint density at radius 1 is 0.439 bits per heavy atom. The number of carbonyl (C=O) groups excluding carboxylic acids is 2. The lowest BCUT2D eigenvalue weighted by atomic mass is 10.0. The van der Waals surface area contributed by atoms with E-state index in [1.54, 1.807) is 0 Å². The fourth-order valence-corrected chi connectivity index (χ4v) is 8.77. The molecule has 386 valence electrons. The van der Waals surface area contributed by atoms with Gasteiger partial charge in [0.25, 0.3) is 0 Å². The predicted octanol–water partition coefficient (Wildman–Crippen LogP) is 17.8. The highest BCUT2D eigenvalue weighted by Gasteiger charge is 2.24. The number of allylic oxidation sites excluding steroid dienone is 8. The van der Waals surface area contributed by atoms with Crippen LogP contribution < -0.4 is 5.32 Å². The first-order valence-electron chi connectivity index (χ1n) is 28.9. The van der Waals surface area contributed by atoms with E-state index >= 15 is 0 Å². The maximum atomic E-state index is 13.3. The highest BCUT2D eigenvalue weighted by molar-refractivity contribution is 5.77. The van der Waals surface area contributed by atoms with Gasteiger partial charge < -0.3 is 20.3 Å². The Kier molecular flexibility index (Phi) is 52.0. The van der Waals surface area contributed by atoms with E-state index in [0.29, 0.717) is 19.3 Å². The maximum Gasteiger partial charge on any atom is 0.306 e. The van der Waals surface area contributed by atoms with Crippen molar-refractivity contribution in [1.29, 1.82) is 0 Å². The van der Waals surface area contributed by atoms with Gasteiger partial charge in [-0.05, 0) is 77.0 Å². The molecule has 0 fully saturated rings. The molecule has 0 aromatic heterocycles. The zero-order valence-electron chi connectivity index (χ0n) is 44.1. The number of unbranched alkanes of at least 4 members (excludes halogenated alkanes) is 34. The molecule has 0 radical (unpaired) electrons. The molecule has 0 saturated carbocycles. The summed E-state index contributed by atoms with van der Waals surface area (Å²) in [6.45, 7) is 6.49. The van der Waals surface area contributed by atoms with Crippen LogP contribution in [0, 0.1) is 0 Å². The van der Waals surface area contributed by atoms with Crippen LogP contribution in [0.2, 0.25) is 0 Å². The molecule has 3 N–H and O–H groups in total. The van der Waals surface area contributed by atoms with Crippen molar-refractivity contribution in [2.24, 2.45) is 0 Å². The second-order valence-electron chi connectivity index (χ2n) is 19.7. The first-order valence-corrected chi connectivity index (χ1v) is 28.9. The zero-order valence-corrected chi connectivity index (χ0v) is 44.1. The molecule has 0 aromatic rings. The average Bonchev–Trinajstić information content (AvgIpc) is 3.31. The van der Waals surface area contributed by atoms with Crippen LogP contribution in [0.1, 0.15) is 297 Å². The summed E-state index contributed by atoms with van der Waals surface area (Å²) in [4.78, 5) is 26.2. The largest absolute Gasteiger partial charge is 0.462 e. The molecule has 0 saturated heterocycles. The lowest BCUT2D eigenvalue weighted by Gasteiger charge is -2.24. The molecule has 6 nitrogen and oxygen atoms in total. The monoisotopic (exact) mass is 926 g/mol. The van der Waals surface area contributed by atoms with E-state index in [-0.39, 0.29) is 24.9 Å². The second kappa shape index (κ2) is 53.8. The van der Waals surface area contributed by atoms with Crippen molar-refractivity contribution >= 4 is 11.9 Å². The summed E-state index contributed by atoms with van der Waals surface area (Å²) in [7, 11) is 0. The Labute approximate surface area is 410 Å². The van der Waals surface area contributed by atoms with Crippen LogP contribution in [0.15, 0.2) is 48.6 Å². The van der Waals surface area contributed by atoms with Crippen LogP contribution in [0.25, 0.3) is 0 Å². The minimum Gasteiger partial charge on any atom is -0.462 e. The minimum atomic E-state index is -0.800. The van der Waals surface area contributed by atoms with E-state index in [9.17, 15) is 19.8 Å². The van der Waals surface area contributed by atoms with Crippen LogP contribution in [0.5, 0.6) is 0 Å². The summed E-state index contributed by atoms with van der Waals surface area (Å²) in [5.41, 5.74) is 0. The fourth-order valence-electron chi connectivity index (χ4n) is 8.77. The van der Waals surface area contributed by atoms with Gasteiger partial charge in [0.1, 0.15) is 6.10 Å². The molecule has 3 atom stereocenters. The van der Waals surface area contributed by atoms with Crippen molar-refractivity contribution in [2.45, 2.75) is 315 Å². The van der Waals surface area contributed by atoms with E-state index < -0.39 is 18.2 Å². The number of esters is 1. The number of aliphatic hydroxyl groups excluding tert-OH is 2. The molecule has 0 spiro atoms. The molecule has 0 aromatic carbocycles. The minimum absolute atomic E-state index is 0.0502. The summed E-state index contributed by atoms with van der Waals surface area (Å²) in [5.74, 6) is -0.522. The Hall–Kier alpha value is -2.18. The normalized spacial score (nSPS) is 13.5. The van der Waals surface area contributed by atoms with Crippen molar-refractivity contribution in [1.82, 2.24) is 5.32 Å². The summed E-state index contributed by atoms with van der Waals surface area (Å²) in [5, 5.41) is 23.9. The van der Waals surface area contributed by atoms with Crippen molar-refractivity contribution in [3.8, 4) is 0 Å². The van der Waals surface area contributed by atoms with Crippen LogP contribution in [-0.4, -0.2) is 46.9 Å². The maximum absolute atomic E-state index is 13.3. The van der Waals surface area contributed by atoms with Crippen LogP contribution in [0.3, 0.4) is 0 Å². The first kappa shape index (κ1) is 63.8. The molecule has 66 heavy (non-hydrogen) atoms. The standard InChI is InChI=1S/C60H111NO5/c1-4-7-10-13-16-19-22-25-28-31-33-36-39-42-45-48-51-56(66-60(65)53-50-47-44-41-38-35-32-29-26-23-20-17-14-11-8-5-2)54-59(64)61-57(55-62)58(63)52-49-46-43-40-37-34-30-27-24-21-18-15-12-9-6-3/h28-29,31-33,35-36,38,56-58,62-63H,4-27,30,34,37,39-55H2,1-3H3,(H,61,64)/b31-28+,32-29+,36-33+,38-35+. The van der Waals surface area contributed by atoms with Gasteiger partial charge in [0.2, 0.25) is 5.91 Å². The summed E-state index contributed by atoms with van der Waals surface area (Å²) in [6.07, 6.45) is 66.0. The number of aliphatic hydroxyl groups is 2. The van der Waals surface area contributed by atoms with Gasteiger partial charge in [0.05, 0.1) is 25.2 Å². The van der Waals surface area contributed by atoms with E-state index in [2.05, 4.69) is 74.7 Å². The van der Waals surface area contributed by atoms with Crippen molar-refractivity contribution in [3.63, 3.8) is 0 Å². The Morgan fingerprint density at radius 3 is 1.14 bits per heavy atom. The van der Waals surface area contributed by atoms with Crippen LogP contribution in [-0.2, 0) is 14.3 Å². The summed E-state index contributed by atoms with van der Waals surface area (Å²) in [6, 6.07) is -0.716. The molecule has 0 heterocycles. The molecule has 3 unspecified atom stereocenters. The topological polar surface area (TPSA) is 95.9 Å². The third kappa shape index (κ3) is 48.3. The number of hydrogen-bond donors (Lipinski definition) is 3. The quantitative estimate of drug-likeness (QED) is 0.0321. The van der Waals surface area contributed by atoms with Gasteiger partial charge in [-0.15, -0.1) is 0 Å². The third-order valence-electron chi connectivity index (χ3n) is 13.2. The number of carbonyl (C=O) groups is 2. The first-order chi connectivity index (χ1) is 32.5. The Bertz CT molecular complexity index is 1130. The van der Waals surface area contributed by atoms with E-state index in [1.165, 1.54) is 167 Å². The number of hydrogen-bond acceptors (Lipinski definition) is 5. The van der Waals surface area contributed by atoms with Gasteiger partial charge in [0.15, 0.2) is 0 Å². The molecule has 0 aliphatic carbocycles. The Morgan fingerprint density at radius 2 is 0.758 bits per heavy atom.